The van der Waals surface area contributed by atoms with Gasteiger partial charge in [0, 0.05) is 25.5 Å². The molecule has 0 atom stereocenters. The summed E-state index contributed by atoms with van der Waals surface area (Å²) in [4.78, 5) is 31.3. The fourth-order valence-electron chi connectivity index (χ4n) is 3.22. The number of anilines is 2. The van der Waals surface area contributed by atoms with Crippen LogP contribution in [-0.2, 0) is 0 Å². The molecule has 26 heavy (non-hydrogen) atoms. The number of benzene rings is 1. The number of pyridine rings is 1. The van der Waals surface area contributed by atoms with E-state index in [4.69, 9.17) is 0 Å². The van der Waals surface area contributed by atoms with Crippen molar-refractivity contribution < 1.29 is 9.18 Å². The summed E-state index contributed by atoms with van der Waals surface area (Å²) in [5.41, 5.74) is 0.538. The molecule has 3 aromatic rings. The zero-order valence-electron chi connectivity index (χ0n) is 14.0. The van der Waals surface area contributed by atoms with Gasteiger partial charge in [0.1, 0.15) is 22.7 Å². The summed E-state index contributed by atoms with van der Waals surface area (Å²) in [5.74, 6) is -1.21. The maximum Gasteiger partial charge on any atom is 0.270 e. The molecule has 1 aliphatic rings. The van der Waals surface area contributed by atoms with E-state index < -0.39 is 17.3 Å². The maximum atomic E-state index is 14.4. The van der Waals surface area contributed by atoms with Crippen LogP contribution in [0.5, 0.6) is 0 Å². The lowest BCUT2D eigenvalue weighted by Gasteiger charge is -2.21. The van der Waals surface area contributed by atoms with E-state index in [0.717, 1.165) is 25.9 Å². The fourth-order valence-corrected chi connectivity index (χ4v) is 3.22. The normalized spacial score (nSPS) is 14.0. The Morgan fingerprint density at radius 2 is 1.92 bits per heavy atom. The molecule has 0 aliphatic carbocycles. The molecule has 6 nitrogen and oxygen atoms in total. The summed E-state index contributed by atoms with van der Waals surface area (Å²) in [6.45, 7) is 1.62. The second kappa shape index (κ2) is 6.59. The molecule has 3 heterocycles. The van der Waals surface area contributed by atoms with Gasteiger partial charge in [-0.3, -0.25) is 14.0 Å². The minimum absolute atomic E-state index is 0.0944. The molecule has 1 saturated heterocycles. The Bertz CT molecular complexity index is 1040. The van der Waals surface area contributed by atoms with Gasteiger partial charge in [-0.25, -0.2) is 9.37 Å². The van der Waals surface area contributed by atoms with Crippen molar-refractivity contribution in [2.45, 2.75) is 12.8 Å². The third-order valence-electron chi connectivity index (χ3n) is 4.54. The molecule has 2 aromatic heterocycles. The molecule has 7 heteroatoms. The number of rotatable bonds is 3. The van der Waals surface area contributed by atoms with Crippen LogP contribution in [0.3, 0.4) is 0 Å². The maximum absolute atomic E-state index is 14.4. The predicted octanol–water partition coefficient (Wildman–Crippen LogP) is 2.69. The number of carbonyl (C=O) groups excluding carboxylic acids is 1. The highest BCUT2D eigenvalue weighted by Gasteiger charge is 2.21. The lowest BCUT2D eigenvalue weighted by Crippen LogP contribution is -2.28. The summed E-state index contributed by atoms with van der Waals surface area (Å²) in [6.07, 6.45) is 4.82. The monoisotopic (exact) mass is 352 g/mol. The van der Waals surface area contributed by atoms with Crippen molar-refractivity contribution in [2.24, 2.45) is 0 Å². The van der Waals surface area contributed by atoms with Crippen LogP contribution in [0.1, 0.15) is 23.2 Å². The second-order valence-electron chi connectivity index (χ2n) is 6.19. The molecule has 132 valence electrons. The first kappa shape index (κ1) is 16.3. The van der Waals surface area contributed by atoms with E-state index in [2.05, 4.69) is 10.3 Å². The van der Waals surface area contributed by atoms with Crippen LogP contribution in [-0.4, -0.2) is 28.4 Å². The van der Waals surface area contributed by atoms with Crippen molar-refractivity contribution in [3.63, 3.8) is 0 Å². The molecule has 1 amide bonds. The van der Waals surface area contributed by atoms with E-state index in [1.807, 2.05) is 4.90 Å². The molecule has 1 N–H and O–H groups in total. The smallest absolute Gasteiger partial charge is 0.270 e. The van der Waals surface area contributed by atoms with Gasteiger partial charge in [-0.1, -0.05) is 12.1 Å². The van der Waals surface area contributed by atoms with Gasteiger partial charge in [-0.15, -0.1) is 0 Å². The molecule has 0 bridgehead atoms. The quantitative estimate of drug-likeness (QED) is 0.787. The third-order valence-corrected chi connectivity index (χ3v) is 4.54. The van der Waals surface area contributed by atoms with Crippen LogP contribution in [0.15, 0.2) is 53.6 Å². The number of para-hydroxylation sites is 1. The van der Waals surface area contributed by atoms with Crippen LogP contribution < -0.4 is 15.8 Å². The van der Waals surface area contributed by atoms with Crippen LogP contribution in [0, 0.1) is 5.82 Å². The first-order valence-electron chi connectivity index (χ1n) is 8.46. The molecule has 1 fully saturated rings. The van der Waals surface area contributed by atoms with E-state index >= 15 is 0 Å². The Balaban J connectivity index is 1.71. The first-order valence-corrected chi connectivity index (χ1v) is 8.46. The summed E-state index contributed by atoms with van der Waals surface area (Å²) < 4.78 is 15.7. The molecule has 0 spiro atoms. The van der Waals surface area contributed by atoms with Gasteiger partial charge < -0.3 is 10.2 Å². The van der Waals surface area contributed by atoms with Gasteiger partial charge in [0.25, 0.3) is 11.5 Å². The van der Waals surface area contributed by atoms with E-state index in [-0.39, 0.29) is 11.3 Å². The zero-order chi connectivity index (χ0) is 18.1. The zero-order valence-corrected chi connectivity index (χ0v) is 14.0. The van der Waals surface area contributed by atoms with Gasteiger partial charge in [0.2, 0.25) is 0 Å². The minimum atomic E-state index is -0.675. The highest BCUT2D eigenvalue weighted by molar-refractivity contribution is 6.05. The second-order valence-corrected chi connectivity index (χ2v) is 6.19. The highest BCUT2D eigenvalue weighted by Crippen LogP contribution is 2.31. The number of nitrogens with zero attached hydrogens (tertiary/aromatic N) is 3. The highest BCUT2D eigenvalue weighted by atomic mass is 19.1. The molecule has 0 radical (unpaired) electrons. The van der Waals surface area contributed by atoms with Crippen molar-refractivity contribution in [1.29, 1.82) is 0 Å². The van der Waals surface area contributed by atoms with Gasteiger partial charge in [0.15, 0.2) is 0 Å². The van der Waals surface area contributed by atoms with Crippen molar-refractivity contribution >= 4 is 22.9 Å². The van der Waals surface area contributed by atoms with Gasteiger partial charge in [-0.2, -0.15) is 0 Å². The first-order chi connectivity index (χ1) is 12.6. The topological polar surface area (TPSA) is 66.7 Å². The molecule has 4 rings (SSSR count). The number of fused-ring (bicyclic) bond motifs is 1. The summed E-state index contributed by atoms with van der Waals surface area (Å²) in [6, 6.07) is 9.79. The number of amides is 1. The Morgan fingerprint density at radius 3 is 2.73 bits per heavy atom. The Labute approximate surface area is 148 Å². The van der Waals surface area contributed by atoms with Gasteiger partial charge in [-0.05, 0) is 37.1 Å². The molecule has 0 saturated carbocycles. The van der Waals surface area contributed by atoms with Crippen molar-refractivity contribution in [1.82, 2.24) is 9.38 Å². The van der Waals surface area contributed by atoms with Crippen LogP contribution >= 0.6 is 0 Å². The Hall–Kier alpha value is -3.22. The van der Waals surface area contributed by atoms with E-state index in [0.29, 0.717) is 11.3 Å². The minimum Gasteiger partial charge on any atom is -0.370 e. The summed E-state index contributed by atoms with van der Waals surface area (Å²) in [5, 5.41) is 2.57. The fraction of sp³-hybridized carbons (Fsp3) is 0.211. The van der Waals surface area contributed by atoms with E-state index in [1.165, 1.54) is 16.7 Å². The van der Waals surface area contributed by atoms with E-state index in [9.17, 15) is 14.0 Å². The molecular weight excluding hydrogens is 335 g/mol. The molecule has 0 unspecified atom stereocenters. The number of hydrogen-bond donors (Lipinski definition) is 1. The number of aromatic nitrogens is 2. The van der Waals surface area contributed by atoms with Crippen molar-refractivity contribution in [3.8, 4) is 0 Å². The van der Waals surface area contributed by atoms with Gasteiger partial charge in [0.05, 0.1) is 5.69 Å². The Morgan fingerprint density at radius 1 is 1.12 bits per heavy atom. The van der Waals surface area contributed by atoms with Crippen molar-refractivity contribution in [2.75, 3.05) is 23.3 Å². The van der Waals surface area contributed by atoms with Crippen LogP contribution in [0.25, 0.3) is 5.65 Å². The lowest BCUT2D eigenvalue weighted by atomic mass is 10.2. The third kappa shape index (κ3) is 2.81. The number of halogens is 1. The van der Waals surface area contributed by atoms with Crippen LogP contribution in [0.2, 0.25) is 0 Å². The molecule has 1 aromatic carbocycles. The van der Waals surface area contributed by atoms with Gasteiger partial charge >= 0.3 is 0 Å². The average molecular weight is 352 g/mol. The summed E-state index contributed by atoms with van der Waals surface area (Å²) >= 11 is 0. The molecule has 1 aliphatic heterocycles. The largest absolute Gasteiger partial charge is 0.370 e. The Kier molecular flexibility index (Phi) is 4.12. The number of nitrogens with one attached hydrogen (secondary N) is 1. The predicted molar refractivity (Wildman–Crippen MR) is 97.3 cm³/mol. The van der Waals surface area contributed by atoms with Crippen LogP contribution in [0.4, 0.5) is 15.8 Å². The molecular formula is C19H17FN4O2. The summed E-state index contributed by atoms with van der Waals surface area (Å²) in [7, 11) is 0. The number of hydrogen-bond acceptors (Lipinski definition) is 4. The van der Waals surface area contributed by atoms with Crippen molar-refractivity contribution in [3.05, 3.63) is 70.5 Å². The average Bonchev–Trinajstić information content (AvgIpc) is 3.18. The SMILES string of the molecule is O=C(Nc1c(F)cccc1N1CCCC1)c1cnc2ccccn2c1=O. The number of carbonyl (C=O) groups is 1. The van der Waals surface area contributed by atoms with E-state index in [1.54, 1.807) is 36.5 Å². The standard InChI is InChI=1S/C19H17FN4O2/c20-14-6-5-7-15(23-9-3-4-10-23)17(14)22-18(25)13-12-21-16-8-1-2-11-24(16)19(13)26/h1-2,5-8,11-12H,3-4,9-10H2,(H,22,25). The lowest BCUT2D eigenvalue weighted by molar-refractivity contribution is 0.102.